The van der Waals surface area contributed by atoms with Gasteiger partial charge >= 0.3 is 0 Å². The van der Waals surface area contributed by atoms with Crippen molar-refractivity contribution in [3.05, 3.63) is 46.5 Å². The van der Waals surface area contributed by atoms with Gasteiger partial charge < -0.3 is 14.2 Å². The second-order valence-corrected chi connectivity index (χ2v) is 6.08. The summed E-state index contributed by atoms with van der Waals surface area (Å²) in [7, 11) is 0. The third-order valence-electron chi connectivity index (χ3n) is 3.53. The van der Waals surface area contributed by atoms with Gasteiger partial charge in [-0.05, 0) is 12.1 Å². The minimum absolute atomic E-state index is 0.220. The Balaban J connectivity index is 1.86. The van der Waals surface area contributed by atoms with Crippen LogP contribution in [0, 0.1) is 12.3 Å². The zero-order valence-corrected chi connectivity index (χ0v) is 14.2. The number of ether oxygens (including phenoxy) is 3. The van der Waals surface area contributed by atoms with E-state index < -0.39 is 5.79 Å². The van der Waals surface area contributed by atoms with Crippen molar-refractivity contribution in [2.75, 3.05) is 19.8 Å². The van der Waals surface area contributed by atoms with E-state index in [1.165, 1.54) is 6.33 Å². The lowest BCUT2D eigenvalue weighted by atomic mass is 10.1. The Labute approximate surface area is 149 Å². The first-order valence-corrected chi connectivity index (χ1v) is 7.99. The Morgan fingerprint density at radius 1 is 1.46 bits per heavy atom. The van der Waals surface area contributed by atoms with E-state index in [0.29, 0.717) is 35.4 Å². The third kappa shape index (κ3) is 3.72. The zero-order valence-electron chi connectivity index (χ0n) is 12.7. The van der Waals surface area contributed by atoms with Crippen LogP contribution in [0.2, 0.25) is 10.0 Å². The second-order valence-electron chi connectivity index (χ2n) is 5.24. The van der Waals surface area contributed by atoms with Gasteiger partial charge in [0.05, 0.1) is 18.2 Å². The lowest BCUT2D eigenvalue weighted by Gasteiger charge is -2.29. The van der Waals surface area contributed by atoms with Crippen LogP contribution < -0.4 is 0 Å². The number of rotatable bonds is 6. The van der Waals surface area contributed by atoms with Crippen LogP contribution in [0.15, 0.2) is 30.9 Å². The largest absolute Gasteiger partial charge is 0.366 e. The fourth-order valence-corrected chi connectivity index (χ4v) is 3.08. The van der Waals surface area contributed by atoms with Crippen LogP contribution >= 0.6 is 23.2 Å². The van der Waals surface area contributed by atoms with Gasteiger partial charge in [0.1, 0.15) is 31.9 Å². The standard InChI is InChI=1S/C16H15Cl2N3O3/c1-2-5-22-7-13-8-23-16(24-13,9-21-11-19-10-20-21)14-4-3-12(17)6-15(14)18/h1,3-4,6,10-11,13H,5,7-9H2. The zero-order chi connectivity index (χ0) is 17.0. The van der Waals surface area contributed by atoms with Crippen LogP contribution in [-0.2, 0) is 26.5 Å². The molecule has 1 aromatic carbocycles. The molecule has 1 aliphatic heterocycles. The molecule has 3 rings (SSSR count). The lowest BCUT2D eigenvalue weighted by Crippen LogP contribution is -2.34. The van der Waals surface area contributed by atoms with Crippen LogP contribution in [0.5, 0.6) is 0 Å². The number of nitrogens with zero attached hydrogens (tertiary/aromatic N) is 3. The minimum Gasteiger partial charge on any atom is -0.366 e. The van der Waals surface area contributed by atoms with Crippen molar-refractivity contribution in [2.24, 2.45) is 0 Å². The van der Waals surface area contributed by atoms with E-state index in [1.54, 1.807) is 29.2 Å². The SMILES string of the molecule is C#CCOCC1COC(Cn2cncn2)(c2ccc(Cl)cc2Cl)O1. The maximum absolute atomic E-state index is 6.37. The topological polar surface area (TPSA) is 58.4 Å². The maximum atomic E-state index is 6.37. The minimum atomic E-state index is -1.10. The quantitative estimate of drug-likeness (QED) is 0.579. The first-order valence-electron chi connectivity index (χ1n) is 7.24. The highest BCUT2D eigenvalue weighted by Crippen LogP contribution is 2.40. The predicted molar refractivity (Wildman–Crippen MR) is 88.6 cm³/mol. The molecule has 8 heteroatoms. The molecule has 2 unspecified atom stereocenters. The number of terminal acetylenes is 1. The number of benzene rings is 1. The summed E-state index contributed by atoms with van der Waals surface area (Å²) in [5, 5.41) is 5.10. The second kappa shape index (κ2) is 7.51. The van der Waals surface area contributed by atoms with Crippen molar-refractivity contribution in [2.45, 2.75) is 18.4 Å². The highest BCUT2D eigenvalue weighted by atomic mass is 35.5. The van der Waals surface area contributed by atoms with Crippen LogP contribution in [0.1, 0.15) is 5.56 Å². The number of halogens is 2. The Morgan fingerprint density at radius 3 is 3.04 bits per heavy atom. The Morgan fingerprint density at radius 2 is 2.33 bits per heavy atom. The van der Waals surface area contributed by atoms with Crippen LogP contribution in [0.25, 0.3) is 0 Å². The molecule has 1 aromatic heterocycles. The van der Waals surface area contributed by atoms with E-state index >= 15 is 0 Å². The molecule has 0 N–H and O–H groups in total. The van der Waals surface area contributed by atoms with Crippen molar-refractivity contribution >= 4 is 23.2 Å². The van der Waals surface area contributed by atoms with E-state index in [1.807, 2.05) is 0 Å². The average Bonchev–Trinajstić information content (AvgIpc) is 3.19. The van der Waals surface area contributed by atoms with E-state index in [0.717, 1.165) is 0 Å². The van der Waals surface area contributed by atoms with Crippen LogP contribution in [0.3, 0.4) is 0 Å². The van der Waals surface area contributed by atoms with Gasteiger partial charge in [-0.1, -0.05) is 35.2 Å². The van der Waals surface area contributed by atoms with Gasteiger partial charge in [-0.25, -0.2) is 9.67 Å². The predicted octanol–water partition coefficient (Wildman–Crippen LogP) is 2.50. The van der Waals surface area contributed by atoms with Gasteiger partial charge in [0.2, 0.25) is 5.79 Å². The number of hydrogen-bond donors (Lipinski definition) is 0. The highest BCUT2D eigenvalue weighted by Gasteiger charge is 2.45. The fraction of sp³-hybridized carbons (Fsp3) is 0.375. The summed E-state index contributed by atoms with van der Waals surface area (Å²) in [5.41, 5.74) is 0.670. The average molecular weight is 368 g/mol. The van der Waals surface area contributed by atoms with Crippen molar-refractivity contribution in [3.63, 3.8) is 0 Å². The summed E-state index contributed by atoms with van der Waals surface area (Å²) in [6, 6.07) is 5.17. The molecular formula is C16H15Cl2N3O3. The summed E-state index contributed by atoms with van der Waals surface area (Å²) in [5.74, 6) is 1.32. The van der Waals surface area contributed by atoms with Gasteiger partial charge in [0.15, 0.2) is 0 Å². The molecule has 1 saturated heterocycles. The van der Waals surface area contributed by atoms with Gasteiger partial charge in [-0.15, -0.1) is 6.42 Å². The van der Waals surface area contributed by atoms with Crippen molar-refractivity contribution in [1.82, 2.24) is 14.8 Å². The van der Waals surface area contributed by atoms with Gasteiger partial charge in [-0.3, -0.25) is 0 Å². The molecule has 2 heterocycles. The van der Waals surface area contributed by atoms with E-state index in [2.05, 4.69) is 16.0 Å². The van der Waals surface area contributed by atoms with Crippen molar-refractivity contribution in [3.8, 4) is 12.3 Å². The molecule has 2 atom stereocenters. The van der Waals surface area contributed by atoms with Gasteiger partial charge in [-0.2, -0.15) is 5.10 Å². The monoisotopic (exact) mass is 367 g/mol. The summed E-state index contributed by atoms with van der Waals surface area (Å²) < 4.78 is 19.1. The first kappa shape index (κ1) is 17.2. The first-order chi connectivity index (χ1) is 11.6. The molecule has 126 valence electrons. The molecule has 0 bridgehead atoms. The Bertz CT molecular complexity index is 733. The Kier molecular flexibility index (Phi) is 5.39. The summed E-state index contributed by atoms with van der Waals surface area (Å²) in [6.07, 6.45) is 7.94. The van der Waals surface area contributed by atoms with Crippen molar-refractivity contribution in [1.29, 1.82) is 0 Å². The molecule has 1 aliphatic rings. The molecule has 6 nitrogen and oxygen atoms in total. The van der Waals surface area contributed by atoms with Crippen LogP contribution in [0.4, 0.5) is 0 Å². The molecule has 1 fully saturated rings. The van der Waals surface area contributed by atoms with Crippen molar-refractivity contribution < 1.29 is 14.2 Å². The van der Waals surface area contributed by atoms with Gasteiger partial charge in [0.25, 0.3) is 0 Å². The highest BCUT2D eigenvalue weighted by molar-refractivity contribution is 6.35. The smallest absolute Gasteiger partial charge is 0.217 e. The molecule has 0 amide bonds. The molecule has 0 spiro atoms. The molecule has 0 aliphatic carbocycles. The van der Waals surface area contributed by atoms with Crippen LogP contribution in [-0.4, -0.2) is 40.7 Å². The molecule has 24 heavy (non-hydrogen) atoms. The maximum Gasteiger partial charge on any atom is 0.217 e. The lowest BCUT2D eigenvalue weighted by molar-refractivity contribution is -0.192. The fourth-order valence-electron chi connectivity index (χ4n) is 2.53. The number of aromatic nitrogens is 3. The van der Waals surface area contributed by atoms with E-state index in [9.17, 15) is 0 Å². The molecule has 0 radical (unpaired) electrons. The molecule has 2 aromatic rings. The molecule has 0 saturated carbocycles. The summed E-state index contributed by atoms with van der Waals surface area (Å²) in [6.45, 7) is 1.18. The molecular weight excluding hydrogens is 353 g/mol. The third-order valence-corrected chi connectivity index (χ3v) is 4.07. The van der Waals surface area contributed by atoms with Gasteiger partial charge in [0, 0.05) is 10.6 Å². The van der Waals surface area contributed by atoms with E-state index in [4.69, 9.17) is 43.8 Å². The Hall–Kier alpha value is -1.62. The number of hydrogen-bond acceptors (Lipinski definition) is 5. The van der Waals surface area contributed by atoms with E-state index in [-0.39, 0.29) is 12.7 Å². The summed E-state index contributed by atoms with van der Waals surface area (Å²) in [4.78, 5) is 3.95. The summed E-state index contributed by atoms with van der Waals surface area (Å²) >= 11 is 12.4. The normalized spacial score (nSPS) is 23.3.